The molecule has 1 aliphatic rings. The maximum Gasteiger partial charge on any atom is 0.254 e. The summed E-state index contributed by atoms with van der Waals surface area (Å²) in [5.41, 5.74) is 0.512. The molecular formula is C18H21N3O5. The van der Waals surface area contributed by atoms with Crippen molar-refractivity contribution in [3.05, 3.63) is 48.1 Å². The van der Waals surface area contributed by atoms with Gasteiger partial charge in [0.15, 0.2) is 11.5 Å². The summed E-state index contributed by atoms with van der Waals surface area (Å²) in [6, 6.07) is 5.10. The summed E-state index contributed by atoms with van der Waals surface area (Å²) in [5.74, 6) is 1.85. The van der Waals surface area contributed by atoms with E-state index in [1.165, 1.54) is 7.11 Å². The minimum Gasteiger partial charge on any atom is -0.493 e. The summed E-state index contributed by atoms with van der Waals surface area (Å²) in [5, 5.41) is 3.88. The monoisotopic (exact) mass is 359 g/mol. The fourth-order valence-corrected chi connectivity index (χ4v) is 2.69. The van der Waals surface area contributed by atoms with Gasteiger partial charge in [-0.1, -0.05) is 17.8 Å². The molecular weight excluding hydrogens is 338 g/mol. The van der Waals surface area contributed by atoms with Gasteiger partial charge < -0.3 is 23.6 Å². The zero-order chi connectivity index (χ0) is 18.5. The number of hydrogen-bond acceptors (Lipinski definition) is 7. The average Bonchev–Trinajstić information content (AvgIpc) is 3.12. The first-order valence-electron chi connectivity index (χ1n) is 8.25. The number of hydrogen-bond donors (Lipinski definition) is 0. The lowest BCUT2D eigenvalue weighted by Gasteiger charge is -2.31. The van der Waals surface area contributed by atoms with Crippen molar-refractivity contribution >= 4 is 5.91 Å². The number of aromatic nitrogens is 2. The highest BCUT2D eigenvalue weighted by molar-refractivity contribution is 5.95. The van der Waals surface area contributed by atoms with Gasteiger partial charge in [-0.2, -0.15) is 4.98 Å². The Morgan fingerprint density at radius 2 is 2.31 bits per heavy atom. The summed E-state index contributed by atoms with van der Waals surface area (Å²) < 4.78 is 21.5. The highest BCUT2D eigenvalue weighted by Crippen LogP contribution is 2.29. The number of ether oxygens (including phenoxy) is 3. The maximum absolute atomic E-state index is 12.9. The van der Waals surface area contributed by atoms with Crippen molar-refractivity contribution in [2.75, 3.05) is 33.4 Å². The van der Waals surface area contributed by atoms with Crippen LogP contribution in [0.3, 0.4) is 0 Å². The summed E-state index contributed by atoms with van der Waals surface area (Å²) in [4.78, 5) is 18.8. The smallest absolute Gasteiger partial charge is 0.254 e. The van der Waals surface area contributed by atoms with Gasteiger partial charge in [0.25, 0.3) is 5.91 Å². The topological polar surface area (TPSA) is 86.9 Å². The zero-order valence-corrected chi connectivity index (χ0v) is 14.8. The van der Waals surface area contributed by atoms with E-state index in [0.717, 1.165) is 0 Å². The standard InChI is InChI=1S/C18H21N3O5/c1-4-8-24-14-6-5-13(10-15(14)23-3)18(22)21-7-9-25-16(11-21)17-19-12(2)26-20-17/h4-6,10,16H,1,7-9,11H2,2-3H3/t16-/m1/s1. The molecule has 2 aromatic rings. The van der Waals surface area contributed by atoms with Gasteiger partial charge in [-0.15, -0.1) is 0 Å². The average molecular weight is 359 g/mol. The van der Waals surface area contributed by atoms with Gasteiger partial charge in [-0.05, 0) is 18.2 Å². The molecule has 8 nitrogen and oxygen atoms in total. The first-order valence-corrected chi connectivity index (χ1v) is 8.25. The molecule has 2 heterocycles. The Kier molecular flexibility index (Phi) is 5.52. The quantitative estimate of drug-likeness (QED) is 0.731. The molecule has 0 saturated carbocycles. The Morgan fingerprint density at radius 1 is 1.46 bits per heavy atom. The first kappa shape index (κ1) is 17.9. The van der Waals surface area contributed by atoms with E-state index in [4.69, 9.17) is 18.7 Å². The number of amides is 1. The molecule has 3 rings (SSSR count). The fourth-order valence-electron chi connectivity index (χ4n) is 2.69. The van der Waals surface area contributed by atoms with Crippen LogP contribution in [0.15, 0.2) is 35.4 Å². The maximum atomic E-state index is 12.9. The van der Waals surface area contributed by atoms with Crippen molar-refractivity contribution in [1.82, 2.24) is 15.0 Å². The van der Waals surface area contributed by atoms with E-state index in [1.54, 1.807) is 36.1 Å². The summed E-state index contributed by atoms with van der Waals surface area (Å²) in [6.07, 6.45) is 1.24. The number of carbonyl (C=O) groups excluding carboxylic acids is 1. The lowest BCUT2D eigenvalue weighted by Crippen LogP contribution is -2.42. The number of nitrogens with zero attached hydrogens (tertiary/aromatic N) is 3. The molecule has 0 radical (unpaired) electrons. The number of morpholine rings is 1. The van der Waals surface area contributed by atoms with E-state index in [0.29, 0.717) is 55.1 Å². The van der Waals surface area contributed by atoms with Crippen LogP contribution in [0.2, 0.25) is 0 Å². The van der Waals surface area contributed by atoms with Crippen LogP contribution in [0.5, 0.6) is 11.5 Å². The molecule has 26 heavy (non-hydrogen) atoms. The van der Waals surface area contributed by atoms with Crippen LogP contribution < -0.4 is 9.47 Å². The first-order chi connectivity index (χ1) is 12.6. The molecule has 1 atom stereocenters. The Labute approximate surface area is 151 Å². The molecule has 1 fully saturated rings. The second-order valence-corrected chi connectivity index (χ2v) is 5.75. The van der Waals surface area contributed by atoms with Gasteiger partial charge in [0.2, 0.25) is 11.7 Å². The second-order valence-electron chi connectivity index (χ2n) is 5.75. The van der Waals surface area contributed by atoms with E-state index in [1.807, 2.05) is 0 Å². The zero-order valence-electron chi connectivity index (χ0n) is 14.8. The van der Waals surface area contributed by atoms with Crippen LogP contribution in [0.1, 0.15) is 28.2 Å². The third-order valence-corrected chi connectivity index (χ3v) is 3.95. The highest BCUT2D eigenvalue weighted by atomic mass is 16.5. The van der Waals surface area contributed by atoms with Crippen LogP contribution in [-0.4, -0.2) is 54.4 Å². The third kappa shape index (κ3) is 3.85. The lowest BCUT2D eigenvalue weighted by molar-refractivity contribution is -0.0276. The van der Waals surface area contributed by atoms with Gasteiger partial charge in [0, 0.05) is 19.0 Å². The van der Waals surface area contributed by atoms with E-state index < -0.39 is 6.10 Å². The Bertz CT molecular complexity index is 789. The van der Waals surface area contributed by atoms with Crippen LogP contribution in [0.25, 0.3) is 0 Å². The number of rotatable bonds is 6. The minimum atomic E-state index is -0.401. The van der Waals surface area contributed by atoms with Crippen molar-refractivity contribution < 1.29 is 23.5 Å². The predicted molar refractivity (Wildman–Crippen MR) is 92.3 cm³/mol. The Morgan fingerprint density at radius 3 is 3.00 bits per heavy atom. The number of methoxy groups -OCH3 is 1. The van der Waals surface area contributed by atoms with Crippen molar-refractivity contribution in [3.8, 4) is 11.5 Å². The molecule has 0 bridgehead atoms. The van der Waals surface area contributed by atoms with E-state index in [9.17, 15) is 4.79 Å². The van der Waals surface area contributed by atoms with Gasteiger partial charge in [-0.3, -0.25) is 4.79 Å². The summed E-state index contributed by atoms with van der Waals surface area (Å²) >= 11 is 0. The van der Waals surface area contributed by atoms with Crippen LogP contribution >= 0.6 is 0 Å². The second kappa shape index (κ2) is 8.01. The summed E-state index contributed by atoms with van der Waals surface area (Å²) in [6.45, 7) is 6.94. The van der Waals surface area contributed by atoms with E-state index in [2.05, 4.69) is 16.7 Å². The fraction of sp³-hybridized carbons (Fsp3) is 0.389. The van der Waals surface area contributed by atoms with Gasteiger partial charge >= 0.3 is 0 Å². The van der Waals surface area contributed by atoms with Crippen molar-refractivity contribution in [3.63, 3.8) is 0 Å². The number of benzene rings is 1. The van der Waals surface area contributed by atoms with Crippen LogP contribution in [0, 0.1) is 6.92 Å². The molecule has 0 aliphatic carbocycles. The molecule has 1 aromatic heterocycles. The molecule has 0 N–H and O–H groups in total. The van der Waals surface area contributed by atoms with Gasteiger partial charge in [0.05, 0.1) is 20.3 Å². The molecule has 0 spiro atoms. The molecule has 1 aromatic carbocycles. The normalized spacial score (nSPS) is 17.0. The molecule has 1 amide bonds. The Balaban J connectivity index is 1.74. The predicted octanol–water partition coefficient (Wildman–Crippen LogP) is 2.17. The SMILES string of the molecule is C=CCOc1ccc(C(=O)N2CCO[C@@H](c3noc(C)n3)C2)cc1OC. The lowest BCUT2D eigenvalue weighted by atomic mass is 10.1. The minimum absolute atomic E-state index is 0.118. The number of aryl methyl sites for hydroxylation is 1. The van der Waals surface area contributed by atoms with Crippen LogP contribution in [-0.2, 0) is 4.74 Å². The van der Waals surface area contributed by atoms with Crippen molar-refractivity contribution in [1.29, 1.82) is 0 Å². The molecule has 1 saturated heterocycles. The van der Waals surface area contributed by atoms with Crippen molar-refractivity contribution in [2.24, 2.45) is 0 Å². The van der Waals surface area contributed by atoms with Crippen LogP contribution in [0.4, 0.5) is 0 Å². The van der Waals surface area contributed by atoms with Crippen molar-refractivity contribution in [2.45, 2.75) is 13.0 Å². The van der Waals surface area contributed by atoms with Gasteiger partial charge in [-0.25, -0.2) is 0 Å². The largest absolute Gasteiger partial charge is 0.493 e. The molecule has 1 aliphatic heterocycles. The number of carbonyl (C=O) groups is 1. The summed E-state index contributed by atoms with van der Waals surface area (Å²) in [7, 11) is 1.54. The third-order valence-electron chi connectivity index (χ3n) is 3.95. The Hall–Kier alpha value is -2.87. The molecule has 138 valence electrons. The van der Waals surface area contributed by atoms with E-state index >= 15 is 0 Å². The van der Waals surface area contributed by atoms with Gasteiger partial charge in [0.1, 0.15) is 12.7 Å². The highest BCUT2D eigenvalue weighted by Gasteiger charge is 2.29. The van der Waals surface area contributed by atoms with E-state index in [-0.39, 0.29) is 5.91 Å². The molecule has 8 heteroatoms. The molecule has 0 unspecified atom stereocenters.